The van der Waals surface area contributed by atoms with Crippen LogP contribution in [0.1, 0.15) is 24.1 Å². The number of thioether (sulfide) groups is 1. The summed E-state index contributed by atoms with van der Waals surface area (Å²) in [4.78, 5) is 1.10. The van der Waals surface area contributed by atoms with Gasteiger partial charge in [-0.25, -0.2) is 4.39 Å². The quantitative estimate of drug-likeness (QED) is 0.781. The van der Waals surface area contributed by atoms with Crippen LogP contribution in [0.25, 0.3) is 0 Å². The van der Waals surface area contributed by atoms with Gasteiger partial charge in [0.25, 0.3) is 0 Å². The molecule has 2 rings (SSSR count). The molecular formula is C17H20FNS. The average molecular weight is 289 g/mol. The predicted molar refractivity (Wildman–Crippen MR) is 84.7 cm³/mol. The third-order valence-corrected chi connectivity index (χ3v) is 4.23. The van der Waals surface area contributed by atoms with Crippen molar-refractivity contribution in [2.75, 3.05) is 12.3 Å². The molecule has 20 heavy (non-hydrogen) atoms. The van der Waals surface area contributed by atoms with Crippen LogP contribution in [-0.2, 0) is 0 Å². The monoisotopic (exact) mass is 289 g/mol. The Hall–Kier alpha value is -1.32. The van der Waals surface area contributed by atoms with Crippen molar-refractivity contribution in [3.05, 3.63) is 65.5 Å². The fourth-order valence-corrected chi connectivity index (χ4v) is 3.11. The van der Waals surface area contributed by atoms with E-state index in [0.717, 1.165) is 17.2 Å². The van der Waals surface area contributed by atoms with Crippen LogP contribution in [0.5, 0.6) is 0 Å². The normalized spacial score (nSPS) is 12.3. The average Bonchev–Trinajstić information content (AvgIpc) is 2.45. The van der Waals surface area contributed by atoms with Gasteiger partial charge in [0, 0.05) is 16.7 Å². The van der Waals surface area contributed by atoms with Crippen molar-refractivity contribution in [3.8, 4) is 0 Å². The maximum atomic E-state index is 12.9. The van der Waals surface area contributed by atoms with Gasteiger partial charge in [-0.3, -0.25) is 0 Å². The zero-order chi connectivity index (χ0) is 14.4. The first kappa shape index (κ1) is 15.1. The Labute approximate surface area is 124 Å². The molecule has 0 aliphatic rings. The molecule has 0 saturated heterocycles. The maximum Gasteiger partial charge on any atom is 0.123 e. The lowest BCUT2D eigenvalue weighted by atomic mass is 10.1. The molecule has 1 atom stereocenters. The number of aryl methyl sites for hydroxylation is 1. The number of nitrogens with one attached hydrogen (secondary N) is 1. The number of rotatable bonds is 6. The molecule has 3 heteroatoms. The molecule has 106 valence electrons. The van der Waals surface area contributed by atoms with E-state index in [-0.39, 0.29) is 5.82 Å². The Balaban J connectivity index is 2.04. The van der Waals surface area contributed by atoms with E-state index in [0.29, 0.717) is 6.04 Å². The summed E-state index contributed by atoms with van der Waals surface area (Å²) in [6, 6.07) is 15.6. The van der Waals surface area contributed by atoms with Crippen molar-refractivity contribution in [1.29, 1.82) is 0 Å². The second-order valence-corrected chi connectivity index (χ2v) is 5.88. The van der Waals surface area contributed by atoms with E-state index in [2.05, 4.69) is 43.4 Å². The second-order valence-electron chi connectivity index (χ2n) is 4.79. The zero-order valence-electron chi connectivity index (χ0n) is 11.9. The van der Waals surface area contributed by atoms with Crippen LogP contribution in [0.4, 0.5) is 4.39 Å². The summed E-state index contributed by atoms with van der Waals surface area (Å²) >= 11 is 1.75. The largest absolute Gasteiger partial charge is 0.309 e. The standard InChI is InChI=1S/C17H20FNS/c1-3-19-17(14-6-4-5-13(2)11-14)12-20-16-9-7-15(18)8-10-16/h4-11,17,19H,3,12H2,1-2H3. The van der Waals surface area contributed by atoms with Crippen LogP contribution in [0.3, 0.4) is 0 Å². The van der Waals surface area contributed by atoms with Crippen LogP contribution in [0, 0.1) is 12.7 Å². The van der Waals surface area contributed by atoms with Crippen molar-refractivity contribution in [2.45, 2.75) is 24.8 Å². The van der Waals surface area contributed by atoms with E-state index in [4.69, 9.17) is 0 Å². The van der Waals surface area contributed by atoms with Crippen LogP contribution < -0.4 is 5.32 Å². The van der Waals surface area contributed by atoms with Crippen molar-refractivity contribution in [1.82, 2.24) is 5.32 Å². The summed E-state index contributed by atoms with van der Waals surface area (Å²) in [6.45, 7) is 5.16. The SMILES string of the molecule is CCNC(CSc1ccc(F)cc1)c1cccc(C)c1. The summed E-state index contributed by atoms with van der Waals surface area (Å²) in [7, 11) is 0. The molecule has 0 aromatic heterocycles. The lowest BCUT2D eigenvalue weighted by Crippen LogP contribution is -2.23. The summed E-state index contributed by atoms with van der Waals surface area (Å²) in [5, 5.41) is 3.51. The first-order chi connectivity index (χ1) is 9.69. The van der Waals surface area contributed by atoms with Gasteiger partial charge in [-0.15, -0.1) is 11.8 Å². The Morgan fingerprint density at radius 1 is 1.15 bits per heavy atom. The van der Waals surface area contributed by atoms with Gasteiger partial charge in [-0.2, -0.15) is 0 Å². The molecule has 2 aromatic rings. The van der Waals surface area contributed by atoms with Gasteiger partial charge in [0.15, 0.2) is 0 Å². The van der Waals surface area contributed by atoms with E-state index in [1.807, 2.05) is 12.1 Å². The molecule has 1 nitrogen and oxygen atoms in total. The third kappa shape index (κ3) is 4.36. The molecule has 2 aromatic carbocycles. The predicted octanol–water partition coefficient (Wildman–Crippen LogP) is 4.58. The molecule has 0 heterocycles. The van der Waals surface area contributed by atoms with Gasteiger partial charge in [-0.05, 0) is 43.3 Å². The minimum Gasteiger partial charge on any atom is -0.309 e. The van der Waals surface area contributed by atoms with Crippen LogP contribution >= 0.6 is 11.8 Å². The highest BCUT2D eigenvalue weighted by molar-refractivity contribution is 7.99. The smallest absolute Gasteiger partial charge is 0.123 e. The molecule has 0 fully saturated rings. The van der Waals surface area contributed by atoms with E-state index in [9.17, 15) is 4.39 Å². The van der Waals surface area contributed by atoms with E-state index >= 15 is 0 Å². The molecule has 1 N–H and O–H groups in total. The van der Waals surface area contributed by atoms with E-state index < -0.39 is 0 Å². The van der Waals surface area contributed by atoms with Crippen LogP contribution in [-0.4, -0.2) is 12.3 Å². The Kier molecular flexibility index (Phi) is 5.62. The van der Waals surface area contributed by atoms with Crippen molar-refractivity contribution >= 4 is 11.8 Å². The fourth-order valence-electron chi connectivity index (χ4n) is 2.12. The molecule has 0 radical (unpaired) electrons. The Morgan fingerprint density at radius 3 is 2.55 bits per heavy atom. The molecule has 0 aliphatic heterocycles. The van der Waals surface area contributed by atoms with E-state index in [1.54, 1.807) is 11.8 Å². The topological polar surface area (TPSA) is 12.0 Å². The summed E-state index contributed by atoms with van der Waals surface area (Å²) in [5.41, 5.74) is 2.58. The minimum atomic E-state index is -0.184. The Morgan fingerprint density at radius 2 is 1.90 bits per heavy atom. The highest BCUT2D eigenvalue weighted by Gasteiger charge is 2.10. The molecule has 0 spiro atoms. The molecule has 0 aliphatic carbocycles. The fraction of sp³-hybridized carbons (Fsp3) is 0.294. The first-order valence-corrected chi connectivity index (χ1v) is 7.86. The van der Waals surface area contributed by atoms with Gasteiger partial charge < -0.3 is 5.32 Å². The summed E-state index contributed by atoms with van der Waals surface area (Å²) in [6.07, 6.45) is 0. The van der Waals surface area contributed by atoms with Gasteiger partial charge in [0.05, 0.1) is 0 Å². The maximum absolute atomic E-state index is 12.9. The van der Waals surface area contributed by atoms with Crippen LogP contribution in [0.2, 0.25) is 0 Å². The van der Waals surface area contributed by atoms with Gasteiger partial charge in [-0.1, -0.05) is 36.8 Å². The Bertz CT molecular complexity index is 539. The van der Waals surface area contributed by atoms with Crippen LogP contribution in [0.15, 0.2) is 53.4 Å². The van der Waals surface area contributed by atoms with Gasteiger partial charge >= 0.3 is 0 Å². The number of hydrogen-bond acceptors (Lipinski definition) is 2. The lowest BCUT2D eigenvalue weighted by molar-refractivity contribution is 0.605. The third-order valence-electron chi connectivity index (χ3n) is 3.13. The first-order valence-electron chi connectivity index (χ1n) is 6.87. The van der Waals surface area contributed by atoms with Crippen molar-refractivity contribution in [3.63, 3.8) is 0 Å². The van der Waals surface area contributed by atoms with Gasteiger partial charge in [0.1, 0.15) is 5.82 Å². The zero-order valence-corrected chi connectivity index (χ0v) is 12.7. The number of hydrogen-bond donors (Lipinski definition) is 1. The number of halogens is 1. The molecular weight excluding hydrogens is 269 g/mol. The number of benzene rings is 2. The van der Waals surface area contributed by atoms with Crippen molar-refractivity contribution in [2.24, 2.45) is 0 Å². The highest BCUT2D eigenvalue weighted by atomic mass is 32.2. The summed E-state index contributed by atoms with van der Waals surface area (Å²) < 4.78 is 12.9. The van der Waals surface area contributed by atoms with E-state index in [1.165, 1.54) is 23.3 Å². The second kappa shape index (κ2) is 7.46. The molecule has 0 bridgehead atoms. The van der Waals surface area contributed by atoms with Crippen molar-refractivity contribution < 1.29 is 4.39 Å². The molecule has 0 amide bonds. The summed E-state index contributed by atoms with van der Waals surface area (Å²) in [5.74, 6) is 0.749. The minimum absolute atomic E-state index is 0.184. The molecule has 1 unspecified atom stereocenters. The lowest BCUT2D eigenvalue weighted by Gasteiger charge is -2.18. The molecule has 0 saturated carbocycles. The van der Waals surface area contributed by atoms with Gasteiger partial charge in [0.2, 0.25) is 0 Å². The highest BCUT2D eigenvalue weighted by Crippen LogP contribution is 2.25.